The monoisotopic (exact) mass is 483 g/mol. The van der Waals surface area contributed by atoms with E-state index in [1.165, 1.54) is 19.9 Å². The molecule has 0 fully saturated rings. The second-order valence-corrected chi connectivity index (χ2v) is 8.24. The third-order valence-electron chi connectivity index (χ3n) is 5.18. The molecule has 0 spiro atoms. The van der Waals surface area contributed by atoms with Crippen molar-refractivity contribution >= 4 is 23.7 Å². The van der Waals surface area contributed by atoms with Crippen LogP contribution < -0.4 is 5.32 Å². The van der Waals surface area contributed by atoms with Crippen molar-refractivity contribution in [2.45, 2.75) is 84.0 Å². The van der Waals surface area contributed by atoms with Crippen LogP contribution in [0.5, 0.6) is 0 Å². The number of hydrogen-bond donors (Lipinski definition) is 2. The molecule has 1 unspecified atom stereocenters. The van der Waals surface area contributed by atoms with Gasteiger partial charge in [-0.3, -0.25) is 19.2 Å². The molecule has 0 aliphatic rings. The first-order valence-electron chi connectivity index (χ1n) is 11.8. The molecule has 0 aromatic heterocycles. The molecule has 0 rings (SSSR count). The first kappa shape index (κ1) is 31.5. The number of aliphatic hydroxyl groups excluding tert-OH is 1. The van der Waals surface area contributed by atoms with Crippen LogP contribution in [0.2, 0.25) is 0 Å². The summed E-state index contributed by atoms with van der Waals surface area (Å²) in [6.07, 6.45) is 4.13. The topological polar surface area (TPSA) is 128 Å². The summed E-state index contributed by atoms with van der Waals surface area (Å²) in [4.78, 5) is 48.5. The van der Waals surface area contributed by atoms with Gasteiger partial charge in [0.15, 0.2) is 5.78 Å². The number of ether oxygens (including phenoxy) is 3. The number of likely N-dealkylation sites (N-methyl/N-ethyl adjacent to an activating group) is 1. The van der Waals surface area contributed by atoms with Gasteiger partial charge in [0.1, 0.15) is 25.4 Å². The summed E-state index contributed by atoms with van der Waals surface area (Å²) < 4.78 is 15.3. The van der Waals surface area contributed by atoms with Gasteiger partial charge in [-0.25, -0.2) is 0 Å². The van der Waals surface area contributed by atoms with Crippen LogP contribution in [-0.2, 0) is 33.4 Å². The molecule has 34 heavy (non-hydrogen) atoms. The number of carbonyl (C=O) groups is 4. The summed E-state index contributed by atoms with van der Waals surface area (Å²) >= 11 is 0. The Morgan fingerprint density at radius 3 is 2.26 bits per heavy atom. The lowest BCUT2D eigenvalue weighted by molar-refractivity contribution is -0.164. The van der Waals surface area contributed by atoms with Gasteiger partial charge in [0.2, 0.25) is 0 Å². The minimum atomic E-state index is -1.24. The lowest BCUT2D eigenvalue weighted by atomic mass is 9.93. The third kappa shape index (κ3) is 13.3. The second-order valence-electron chi connectivity index (χ2n) is 8.24. The van der Waals surface area contributed by atoms with Gasteiger partial charge in [-0.2, -0.15) is 0 Å². The summed E-state index contributed by atoms with van der Waals surface area (Å²) in [7, 11) is 1.60. The predicted octanol–water partition coefficient (Wildman–Crippen LogP) is 2.65. The highest BCUT2D eigenvalue weighted by molar-refractivity contribution is 5.98. The van der Waals surface area contributed by atoms with Gasteiger partial charge in [-0.15, -0.1) is 6.58 Å². The van der Waals surface area contributed by atoms with Gasteiger partial charge in [0.05, 0.1) is 12.0 Å². The zero-order valence-electron chi connectivity index (χ0n) is 21.0. The smallest absolute Gasteiger partial charge is 0.313 e. The fourth-order valence-electron chi connectivity index (χ4n) is 3.05. The van der Waals surface area contributed by atoms with Crippen molar-refractivity contribution in [1.29, 1.82) is 0 Å². The Morgan fingerprint density at radius 1 is 1.06 bits per heavy atom. The molecule has 0 aliphatic carbocycles. The quantitative estimate of drug-likeness (QED) is 0.0936. The van der Waals surface area contributed by atoms with E-state index in [1.807, 2.05) is 0 Å². The molecule has 0 aromatic carbocycles. The standard InChI is InChI=1S/C25H41NO8/c1-7-9-10-11-12-13-23(29)33-16-20(25(31)34-17(3)15-32-19(5)27)14-22(28)18(4)24(30)21(8-2)26-6/h8,17,20-21,24,26,30H,2,4,7,9-16H2,1,3,5-6H3/t17-,20-,21+,24?/m0/s1. The minimum absolute atomic E-state index is 0.104. The number of esters is 3. The largest absolute Gasteiger partial charge is 0.465 e. The highest BCUT2D eigenvalue weighted by Gasteiger charge is 2.30. The molecule has 0 radical (unpaired) electrons. The number of rotatable bonds is 19. The number of nitrogens with one attached hydrogen (secondary N) is 1. The van der Waals surface area contributed by atoms with Crippen molar-refractivity contribution in [3.05, 3.63) is 24.8 Å². The first-order valence-corrected chi connectivity index (χ1v) is 11.8. The van der Waals surface area contributed by atoms with Crippen LogP contribution >= 0.6 is 0 Å². The van der Waals surface area contributed by atoms with E-state index in [9.17, 15) is 24.3 Å². The highest BCUT2D eigenvalue weighted by Crippen LogP contribution is 2.17. The Bertz CT molecular complexity index is 690. The Balaban J connectivity index is 5.11. The highest BCUT2D eigenvalue weighted by atomic mass is 16.6. The number of carbonyl (C=O) groups excluding carboxylic acids is 4. The maximum absolute atomic E-state index is 12.7. The van der Waals surface area contributed by atoms with Crippen molar-refractivity contribution in [1.82, 2.24) is 5.32 Å². The maximum atomic E-state index is 12.7. The zero-order chi connectivity index (χ0) is 26.1. The van der Waals surface area contributed by atoms with E-state index >= 15 is 0 Å². The van der Waals surface area contributed by atoms with Crippen LogP contribution in [-0.4, -0.2) is 67.3 Å². The SMILES string of the molecule is C=C[C@@H](NC)C(O)C(=C)C(=O)C[C@@H](COC(=O)CCCCCCC)C(=O)O[C@@H](C)COC(C)=O. The number of unbranched alkanes of at least 4 members (excludes halogenated alkanes) is 4. The van der Waals surface area contributed by atoms with Crippen molar-refractivity contribution in [3.8, 4) is 0 Å². The number of Topliss-reactive ketones (excluding diaryl/α,β-unsaturated/α-hetero) is 1. The molecule has 0 amide bonds. The Kier molecular flexibility index (Phi) is 16.6. The van der Waals surface area contributed by atoms with Crippen molar-refractivity contribution in [2.75, 3.05) is 20.3 Å². The molecule has 0 heterocycles. The van der Waals surface area contributed by atoms with Crippen LogP contribution in [0.25, 0.3) is 0 Å². The fraction of sp³-hybridized carbons (Fsp3) is 0.680. The van der Waals surface area contributed by atoms with Gasteiger partial charge in [0.25, 0.3) is 0 Å². The van der Waals surface area contributed by atoms with Crippen molar-refractivity contribution in [2.24, 2.45) is 5.92 Å². The van der Waals surface area contributed by atoms with Crippen LogP contribution in [0.15, 0.2) is 24.8 Å². The minimum Gasteiger partial charge on any atom is -0.465 e. The lowest BCUT2D eigenvalue weighted by Crippen LogP contribution is -2.39. The van der Waals surface area contributed by atoms with E-state index in [-0.39, 0.29) is 31.6 Å². The molecule has 2 N–H and O–H groups in total. The molecular weight excluding hydrogens is 442 g/mol. The van der Waals surface area contributed by atoms with Gasteiger partial charge in [-0.05, 0) is 20.4 Å². The van der Waals surface area contributed by atoms with E-state index in [0.717, 1.165) is 25.7 Å². The van der Waals surface area contributed by atoms with Crippen molar-refractivity contribution in [3.63, 3.8) is 0 Å². The summed E-state index contributed by atoms with van der Waals surface area (Å²) in [5, 5.41) is 13.1. The fourth-order valence-corrected chi connectivity index (χ4v) is 3.05. The first-order chi connectivity index (χ1) is 16.1. The molecule has 0 bridgehead atoms. The van der Waals surface area contributed by atoms with E-state index in [0.29, 0.717) is 6.42 Å². The Hall–Kier alpha value is -2.52. The lowest BCUT2D eigenvalue weighted by Gasteiger charge is -2.22. The number of aliphatic hydroxyl groups is 1. The summed E-state index contributed by atoms with van der Waals surface area (Å²) in [5.74, 6) is -3.43. The molecule has 0 saturated carbocycles. The molecule has 0 saturated heterocycles. The van der Waals surface area contributed by atoms with Crippen LogP contribution in [0.3, 0.4) is 0 Å². The molecule has 9 nitrogen and oxygen atoms in total. The van der Waals surface area contributed by atoms with Gasteiger partial charge in [-0.1, -0.05) is 45.3 Å². The van der Waals surface area contributed by atoms with Gasteiger partial charge >= 0.3 is 17.9 Å². The van der Waals surface area contributed by atoms with Crippen LogP contribution in [0, 0.1) is 5.92 Å². The summed E-state index contributed by atoms with van der Waals surface area (Å²) in [6.45, 7) is 11.6. The van der Waals surface area contributed by atoms with Gasteiger partial charge in [0, 0.05) is 25.3 Å². The molecule has 4 atom stereocenters. The van der Waals surface area contributed by atoms with E-state index < -0.39 is 47.9 Å². The number of ketones is 1. The normalized spacial score (nSPS) is 14.3. The van der Waals surface area contributed by atoms with Crippen LogP contribution in [0.1, 0.15) is 65.7 Å². The van der Waals surface area contributed by atoms with E-state index in [2.05, 4.69) is 25.4 Å². The van der Waals surface area contributed by atoms with E-state index in [4.69, 9.17) is 14.2 Å². The molecule has 0 aliphatic heterocycles. The number of hydrogen-bond acceptors (Lipinski definition) is 9. The second kappa shape index (κ2) is 17.9. The molecule has 9 heteroatoms. The predicted molar refractivity (Wildman–Crippen MR) is 128 cm³/mol. The Morgan fingerprint density at radius 2 is 1.71 bits per heavy atom. The average molecular weight is 484 g/mol. The van der Waals surface area contributed by atoms with Crippen molar-refractivity contribution < 1.29 is 38.5 Å². The summed E-state index contributed by atoms with van der Waals surface area (Å²) in [5.41, 5.74) is -0.104. The Labute approximate surface area is 202 Å². The van der Waals surface area contributed by atoms with E-state index in [1.54, 1.807) is 7.05 Å². The average Bonchev–Trinajstić information content (AvgIpc) is 2.80. The van der Waals surface area contributed by atoms with Gasteiger partial charge < -0.3 is 24.6 Å². The zero-order valence-corrected chi connectivity index (χ0v) is 21.0. The molecular formula is C25H41NO8. The maximum Gasteiger partial charge on any atom is 0.313 e. The summed E-state index contributed by atoms with van der Waals surface area (Å²) in [6, 6.07) is -0.601. The van der Waals surface area contributed by atoms with Crippen LogP contribution in [0.4, 0.5) is 0 Å². The molecule has 194 valence electrons. The molecule has 0 aromatic rings. The third-order valence-corrected chi connectivity index (χ3v) is 5.18.